The van der Waals surface area contributed by atoms with Gasteiger partial charge in [0.25, 0.3) is 0 Å². The maximum atomic E-state index is 14.1. The Morgan fingerprint density at radius 1 is 1.15 bits per heavy atom. The molecule has 1 aromatic carbocycles. The molecule has 0 saturated heterocycles. The van der Waals surface area contributed by atoms with Gasteiger partial charge in [0, 0.05) is 11.6 Å². The molecule has 1 N–H and O–H groups in total. The Kier molecular flexibility index (Phi) is 7.46. The minimum Gasteiger partial charge on any atom is -0.310 e. The van der Waals surface area contributed by atoms with Crippen molar-refractivity contribution >= 4 is 11.6 Å². The molecular formula is C16H24ClF2N. The second kappa shape index (κ2) is 8.58. The summed E-state index contributed by atoms with van der Waals surface area (Å²) in [5.41, 5.74) is 0.378. The van der Waals surface area contributed by atoms with E-state index in [2.05, 4.69) is 26.1 Å². The minimum absolute atomic E-state index is 0.164. The standard InChI is InChI=1S/C16H24ClF2N/c1-4-6-11(3)8-16(20-7-5-2)12-9-15(19)13(17)10-14(12)18/h9-11,16,20H,4-8H2,1-3H3. The van der Waals surface area contributed by atoms with Crippen LogP contribution in [0.5, 0.6) is 0 Å². The summed E-state index contributed by atoms with van der Waals surface area (Å²) in [6.07, 6.45) is 3.93. The summed E-state index contributed by atoms with van der Waals surface area (Å²) in [5, 5.41) is 3.15. The third-order valence-electron chi connectivity index (χ3n) is 3.48. The van der Waals surface area contributed by atoms with Gasteiger partial charge in [-0.25, -0.2) is 8.78 Å². The first-order valence-corrected chi connectivity index (χ1v) is 7.75. The SMILES string of the molecule is CCCNC(CC(C)CCC)c1cc(F)c(Cl)cc1F. The average molecular weight is 304 g/mol. The average Bonchev–Trinajstić information content (AvgIpc) is 2.39. The highest BCUT2D eigenvalue weighted by atomic mass is 35.5. The second-order valence-corrected chi connectivity index (χ2v) is 5.83. The molecule has 0 radical (unpaired) electrons. The van der Waals surface area contributed by atoms with Crippen molar-refractivity contribution in [2.45, 2.75) is 52.5 Å². The van der Waals surface area contributed by atoms with E-state index < -0.39 is 11.6 Å². The van der Waals surface area contributed by atoms with Crippen molar-refractivity contribution < 1.29 is 8.78 Å². The van der Waals surface area contributed by atoms with Gasteiger partial charge in [-0.15, -0.1) is 0 Å². The van der Waals surface area contributed by atoms with Crippen LogP contribution in [0.1, 0.15) is 58.1 Å². The third kappa shape index (κ3) is 5.02. The van der Waals surface area contributed by atoms with Crippen LogP contribution in [0, 0.1) is 17.6 Å². The zero-order chi connectivity index (χ0) is 15.1. The Hall–Kier alpha value is -0.670. The molecule has 1 aromatic rings. The summed E-state index contributed by atoms with van der Waals surface area (Å²) in [5.74, 6) is -0.532. The minimum atomic E-state index is -0.561. The molecule has 1 nitrogen and oxygen atoms in total. The molecule has 0 aromatic heterocycles. The lowest BCUT2D eigenvalue weighted by atomic mass is 9.92. The molecular weight excluding hydrogens is 280 g/mol. The van der Waals surface area contributed by atoms with Crippen LogP contribution < -0.4 is 5.32 Å². The van der Waals surface area contributed by atoms with Crippen molar-refractivity contribution in [3.05, 3.63) is 34.4 Å². The maximum absolute atomic E-state index is 14.1. The summed E-state index contributed by atoms with van der Waals surface area (Å²) in [4.78, 5) is 0. The number of hydrogen-bond donors (Lipinski definition) is 1. The maximum Gasteiger partial charge on any atom is 0.142 e. The van der Waals surface area contributed by atoms with Gasteiger partial charge < -0.3 is 5.32 Å². The Bertz CT molecular complexity index is 423. The van der Waals surface area contributed by atoms with Crippen LogP contribution in [-0.2, 0) is 0 Å². The summed E-state index contributed by atoms with van der Waals surface area (Å²) >= 11 is 5.62. The Balaban J connectivity index is 2.94. The molecule has 20 heavy (non-hydrogen) atoms. The van der Waals surface area contributed by atoms with E-state index in [9.17, 15) is 8.78 Å². The van der Waals surface area contributed by atoms with E-state index in [1.807, 2.05) is 0 Å². The van der Waals surface area contributed by atoms with Gasteiger partial charge in [-0.1, -0.05) is 45.2 Å². The van der Waals surface area contributed by atoms with Crippen LogP contribution in [0.15, 0.2) is 12.1 Å². The molecule has 2 unspecified atom stereocenters. The van der Waals surface area contributed by atoms with Crippen molar-refractivity contribution in [1.29, 1.82) is 0 Å². The van der Waals surface area contributed by atoms with Crippen molar-refractivity contribution in [2.75, 3.05) is 6.54 Å². The molecule has 0 fully saturated rings. The van der Waals surface area contributed by atoms with E-state index in [1.165, 1.54) is 6.07 Å². The van der Waals surface area contributed by atoms with Crippen LogP contribution >= 0.6 is 11.6 Å². The molecule has 0 amide bonds. The highest BCUT2D eigenvalue weighted by Gasteiger charge is 2.20. The van der Waals surface area contributed by atoms with Gasteiger partial charge in [0.1, 0.15) is 11.6 Å². The predicted octanol–water partition coefficient (Wildman–Crippen LogP) is 5.49. The monoisotopic (exact) mass is 303 g/mol. The fraction of sp³-hybridized carbons (Fsp3) is 0.625. The highest BCUT2D eigenvalue weighted by molar-refractivity contribution is 6.30. The molecule has 0 saturated carbocycles. The Morgan fingerprint density at radius 3 is 2.45 bits per heavy atom. The van der Waals surface area contributed by atoms with E-state index in [0.717, 1.165) is 38.3 Å². The number of nitrogens with one attached hydrogen (secondary N) is 1. The second-order valence-electron chi connectivity index (χ2n) is 5.42. The van der Waals surface area contributed by atoms with E-state index >= 15 is 0 Å². The smallest absolute Gasteiger partial charge is 0.142 e. The van der Waals surface area contributed by atoms with Crippen molar-refractivity contribution in [1.82, 2.24) is 5.32 Å². The lowest BCUT2D eigenvalue weighted by molar-refractivity contribution is 0.380. The van der Waals surface area contributed by atoms with Gasteiger partial charge >= 0.3 is 0 Å². The lowest BCUT2D eigenvalue weighted by Gasteiger charge is -2.23. The summed E-state index contributed by atoms with van der Waals surface area (Å²) in [6, 6.07) is 2.13. The quantitative estimate of drug-likeness (QED) is 0.627. The Morgan fingerprint density at radius 2 is 1.85 bits per heavy atom. The van der Waals surface area contributed by atoms with Crippen LogP contribution in [0.25, 0.3) is 0 Å². The van der Waals surface area contributed by atoms with Gasteiger partial charge in [0.15, 0.2) is 0 Å². The molecule has 0 aliphatic rings. The summed E-state index contributed by atoms with van der Waals surface area (Å²) in [7, 11) is 0. The van der Waals surface area contributed by atoms with Gasteiger partial charge in [-0.05, 0) is 37.4 Å². The molecule has 2 atom stereocenters. The number of halogens is 3. The van der Waals surface area contributed by atoms with E-state index in [-0.39, 0.29) is 11.1 Å². The van der Waals surface area contributed by atoms with Crippen LogP contribution in [0.3, 0.4) is 0 Å². The Labute approximate surface area is 125 Å². The zero-order valence-corrected chi connectivity index (χ0v) is 13.2. The molecule has 0 aliphatic heterocycles. The van der Waals surface area contributed by atoms with Gasteiger partial charge in [-0.2, -0.15) is 0 Å². The molecule has 0 bridgehead atoms. The molecule has 0 spiro atoms. The first-order valence-electron chi connectivity index (χ1n) is 7.37. The number of benzene rings is 1. The van der Waals surface area contributed by atoms with Crippen molar-refractivity contribution in [3.63, 3.8) is 0 Å². The largest absolute Gasteiger partial charge is 0.310 e. The topological polar surface area (TPSA) is 12.0 Å². The summed E-state index contributed by atoms with van der Waals surface area (Å²) in [6.45, 7) is 7.12. The van der Waals surface area contributed by atoms with Crippen molar-refractivity contribution in [2.24, 2.45) is 5.92 Å². The number of rotatable bonds is 8. The third-order valence-corrected chi connectivity index (χ3v) is 3.76. The normalized spacial score (nSPS) is 14.3. The van der Waals surface area contributed by atoms with Crippen LogP contribution in [0.2, 0.25) is 5.02 Å². The van der Waals surface area contributed by atoms with E-state index in [4.69, 9.17) is 11.6 Å². The van der Waals surface area contributed by atoms with Gasteiger partial charge in [0.2, 0.25) is 0 Å². The highest BCUT2D eigenvalue weighted by Crippen LogP contribution is 2.29. The lowest BCUT2D eigenvalue weighted by Crippen LogP contribution is -2.25. The molecule has 4 heteroatoms. The van der Waals surface area contributed by atoms with Gasteiger partial charge in [0.05, 0.1) is 5.02 Å². The molecule has 0 aliphatic carbocycles. The van der Waals surface area contributed by atoms with Gasteiger partial charge in [-0.3, -0.25) is 0 Å². The number of hydrogen-bond acceptors (Lipinski definition) is 1. The van der Waals surface area contributed by atoms with Crippen LogP contribution in [-0.4, -0.2) is 6.54 Å². The zero-order valence-electron chi connectivity index (χ0n) is 12.5. The van der Waals surface area contributed by atoms with Crippen molar-refractivity contribution in [3.8, 4) is 0 Å². The first kappa shape index (κ1) is 17.4. The van der Waals surface area contributed by atoms with E-state index in [0.29, 0.717) is 11.5 Å². The molecule has 114 valence electrons. The molecule has 1 rings (SSSR count). The first-order chi connectivity index (χ1) is 9.49. The van der Waals surface area contributed by atoms with Crippen LogP contribution in [0.4, 0.5) is 8.78 Å². The predicted molar refractivity (Wildman–Crippen MR) is 81.1 cm³/mol. The van der Waals surface area contributed by atoms with E-state index in [1.54, 1.807) is 0 Å². The summed E-state index contributed by atoms with van der Waals surface area (Å²) < 4.78 is 27.7. The fourth-order valence-corrected chi connectivity index (χ4v) is 2.61. The fourth-order valence-electron chi connectivity index (χ4n) is 2.46. The molecule has 0 heterocycles.